The first-order valence-corrected chi connectivity index (χ1v) is 8.00. The maximum Gasteiger partial charge on any atom is 0.174 e. The highest BCUT2D eigenvalue weighted by molar-refractivity contribution is 9.10. The number of anilines is 1. The summed E-state index contributed by atoms with van der Waals surface area (Å²) >= 11 is 6.64. The second-order valence-electron chi connectivity index (χ2n) is 3.36. The molecule has 0 saturated carbocycles. The fourth-order valence-corrected chi connectivity index (χ4v) is 3.00. The first-order chi connectivity index (χ1) is 8.72. The van der Waals surface area contributed by atoms with Gasteiger partial charge in [0.1, 0.15) is 10.8 Å². The van der Waals surface area contributed by atoms with Crippen molar-refractivity contribution in [2.24, 2.45) is 0 Å². The van der Waals surface area contributed by atoms with Gasteiger partial charge in [-0.15, -0.1) is 10.2 Å². The van der Waals surface area contributed by atoms with Gasteiger partial charge in [-0.3, -0.25) is 0 Å². The Balaban J connectivity index is 2.07. The SMILES string of the molecule is COc1ccc(Br)cc1NCc1nnc(SC)s1. The van der Waals surface area contributed by atoms with Crippen LogP contribution in [0.15, 0.2) is 27.0 Å². The number of ether oxygens (including phenoxy) is 1. The Morgan fingerprint density at radius 1 is 1.44 bits per heavy atom. The monoisotopic (exact) mass is 345 g/mol. The fraction of sp³-hybridized carbons (Fsp3) is 0.273. The highest BCUT2D eigenvalue weighted by Crippen LogP contribution is 2.29. The van der Waals surface area contributed by atoms with Crippen molar-refractivity contribution in [1.29, 1.82) is 0 Å². The molecule has 1 N–H and O–H groups in total. The second kappa shape index (κ2) is 6.40. The third-order valence-corrected chi connectivity index (χ3v) is 4.61. The van der Waals surface area contributed by atoms with E-state index >= 15 is 0 Å². The molecule has 0 spiro atoms. The summed E-state index contributed by atoms with van der Waals surface area (Å²) in [4.78, 5) is 0. The number of nitrogens with one attached hydrogen (secondary N) is 1. The van der Waals surface area contributed by atoms with Crippen molar-refractivity contribution in [3.63, 3.8) is 0 Å². The zero-order valence-electron chi connectivity index (χ0n) is 9.94. The van der Waals surface area contributed by atoms with Gasteiger partial charge in [0.2, 0.25) is 0 Å². The number of hydrogen-bond acceptors (Lipinski definition) is 6. The van der Waals surface area contributed by atoms with Crippen LogP contribution >= 0.6 is 39.0 Å². The van der Waals surface area contributed by atoms with Gasteiger partial charge in [0.05, 0.1) is 19.3 Å². The van der Waals surface area contributed by atoms with Gasteiger partial charge < -0.3 is 10.1 Å². The molecule has 1 heterocycles. The summed E-state index contributed by atoms with van der Waals surface area (Å²) in [7, 11) is 1.66. The molecule has 0 fully saturated rings. The Labute approximate surface area is 122 Å². The van der Waals surface area contributed by atoms with E-state index in [1.165, 1.54) is 0 Å². The fourth-order valence-electron chi connectivity index (χ4n) is 1.38. The quantitative estimate of drug-likeness (QED) is 0.838. The summed E-state index contributed by atoms with van der Waals surface area (Å²) in [6.07, 6.45) is 2.00. The van der Waals surface area contributed by atoms with Crippen LogP contribution in [0.4, 0.5) is 5.69 Å². The Kier molecular flexibility index (Phi) is 4.85. The van der Waals surface area contributed by atoms with Crippen LogP contribution in [0, 0.1) is 0 Å². The Hall–Kier alpha value is -0.790. The number of halogens is 1. The minimum Gasteiger partial charge on any atom is -0.495 e. The molecule has 2 rings (SSSR count). The summed E-state index contributed by atoms with van der Waals surface area (Å²) in [5, 5.41) is 12.4. The molecule has 0 amide bonds. The maximum atomic E-state index is 5.30. The lowest BCUT2D eigenvalue weighted by molar-refractivity contribution is 0.416. The number of benzene rings is 1. The van der Waals surface area contributed by atoms with Crippen LogP contribution in [0.1, 0.15) is 5.01 Å². The summed E-state index contributed by atoms with van der Waals surface area (Å²) in [6.45, 7) is 0.644. The van der Waals surface area contributed by atoms with Gasteiger partial charge >= 0.3 is 0 Å². The number of aromatic nitrogens is 2. The first-order valence-electron chi connectivity index (χ1n) is 5.16. The molecule has 18 heavy (non-hydrogen) atoms. The van der Waals surface area contributed by atoms with E-state index in [9.17, 15) is 0 Å². The van der Waals surface area contributed by atoms with E-state index in [-0.39, 0.29) is 0 Å². The van der Waals surface area contributed by atoms with E-state index in [0.29, 0.717) is 6.54 Å². The number of rotatable bonds is 5. The van der Waals surface area contributed by atoms with E-state index in [0.717, 1.165) is 25.3 Å². The lowest BCUT2D eigenvalue weighted by Crippen LogP contribution is -2.01. The Morgan fingerprint density at radius 3 is 2.94 bits per heavy atom. The Bertz CT molecular complexity index is 533. The lowest BCUT2D eigenvalue weighted by Gasteiger charge is -2.10. The van der Waals surface area contributed by atoms with Crippen LogP contribution in [0.25, 0.3) is 0 Å². The molecule has 4 nitrogen and oxygen atoms in total. The van der Waals surface area contributed by atoms with Crippen LogP contribution < -0.4 is 10.1 Å². The minimum atomic E-state index is 0.644. The topological polar surface area (TPSA) is 47.0 Å². The van der Waals surface area contributed by atoms with E-state index in [1.54, 1.807) is 30.2 Å². The molecule has 7 heteroatoms. The molecule has 0 bridgehead atoms. The molecule has 1 aromatic carbocycles. The predicted molar refractivity (Wildman–Crippen MR) is 79.7 cm³/mol. The van der Waals surface area contributed by atoms with Gasteiger partial charge in [-0.1, -0.05) is 39.0 Å². The van der Waals surface area contributed by atoms with Crippen molar-refractivity contribution in [1.82, 2.24) is 10.2 Å². The number of thioether (sulfide) groups is 1. The zero-order chi connectivity index (χ0) is 13.0. The van der Waals surface area contributed by atoms with Crippen molar-refractivity contribution >= 4 is 44.7 Å². The third-order valence-electron chi connectivity index (χ3n) is 2.21. The van der Waals surface area contributed by atoms with Gasteiger partial charge in [-0.2, -0.15) is 0 Å². The number of hydrogen-bond donors (Lipinski definition) is 1. The largest absolute Gasteiger partial charge is 0.495 e. The van der Waals surface area contributed by atoms with Crippen LogP contribution in [0.5, 0.6) is 5.75 Å². The number of methoxy groups -OCH3 is 1. The van der Waals surface area contributed by atoms with Crippen LogP contribution in [0.2, 0.25) is 0 Å². The molecular weight excluding hydrogens is 334 g/mol. The molecule has 2 aromatic rings. The van der Waals surface area contributed by atoms with E-state index in [4.69, 9.17) is 4.74 Å². The molecule has 96 valence electrons. The zero-order valence-corrected chi connectivity index (χ0v) is 13.2. The van der Waals surface area contributed by atoms with Gasteiger partial charge in [0.25, 0.3) is 0 Å². The van der Waals surface area contributed by atoms with Crippen LogP contribution in [0.3, 0.4) is 0 Å². The highest BCUT2D eigenvalue weighted by Gasteiger charge is 2.06. The number of nitrogens with zero attached hydrogens (tertiary/aromatic N) is 2. The first kappa shape index (κ1) is 13.6. The van der Waals surface area contributed by atoms with Gasteiger partial charge in [0, 0.05) is 4.47 Å². The lowest BCUT2D eigenvalue weighted by atomic mass is 10.3. The Morgan fingerprint density at radius 2 is 2.28 bits per heavy atom. The second-order valence-corrected chi connectivity index (χ2v) is 6.40. The standard InChI is InChI=1S/C11H12BrN3OS2/c1-16-9-4-3-7(12)5-8(9)13-6-10-14-15-11(17-2)18-10/h3-5,13H,6H2,1-2H3. The highest BCUT2D eigenvalue weighted by atomic mass is 79.9. The van der Waals surface area contributed by atoms with Crippen molar-refractivity contribution < 1.29 is 4.74 Å². The third kappa shape index (κ3) is 3.37. The minimum absolute atomic E-state index is 0.644. The van der Waals surface area contributed by atoms with Gasteiger partial charge in [-0.25, -0.2) is 0 Å². The molecule has 0 aliphatic carbocycles. The summed E-state index contributed by atoms with van der Waals surface area (Å²) in [6, 6.07) is 5.84. The molecular formula is C11H12BrN3OS2. The van der Waals surface area contributed by atoms with Gasteiger partial charge in [0.15, 0.2) is 4.34 Å². The van der Waals surface area contributed by atoms with E-state index in [1.807, 2.05) is 24.5 Å². The summed E-state index contributed by atoms with van der Waals surface area (Å²) in [5.41, 5.74) is 0.938. The van der Waals surface area contributed by atoms with Crippen molar-refractivity contribution in [3.8, 4) is 5.75 Å². The molecule has 0 aliphatic heterocycles. The van der Waals surface area contributed by atoms with E-state index in [2.05, 4.69) is 31.4 Å². The summed E-state index contributed by atoms with van der Waals surface area (Å²) < 4.78 is 7.28. The molecule has 0 saturated heterocycles. The molecule has 1 aromatic heterocycles. The van der Waals surface area contributed by atoms with Crippen molar-refractivity contribution in [3.05, 3.63) is 27.7 Å². The average molecular weight is 346 g/mol. The molecule has 0 radical (unpaired) electrons. The average Bonchev–Trinajstić information content (AvgIpc) is 2.84. The molecule has 0 unspecified atom stereocenters. The van der Waals surface area contributed by atoms with E-state index < -0.39 is 0 Å². The van der Waals surface area contributed by atoms with Gasteiger partial charge in [-0.05, 0) is 24.5 Å². The normalized spacial score (nSPS) is 10.4. The van der Waals surface area contributed by atoms with Crippen molar-refractivity contribution in [2.45, 2.75) is 10.9 Å². The predicted octanol–water partition coefficient (Wildman–Crippen LogP) is 3.64. The maximum absolute atomic E-state index is 5.30. The summed E-state index contributed by atoms with van der Waals surface area (Å²) in [5.74, 6) is 0.813. The molecule has 0 atom stereocenters. The smallest absolute Gasteiger partial charge is 0.174 e. The van der Waals surface area contributed by atoms with Crippen molar-refractivity contribution in [2.75, 3.05) is 18.7 Å². The molecule has 0 aliphatic rings. The van der Waals surface area contributed by atoms with Crippen LogP contribution in [-0.2, 0) is 6.54 Å². The van der Waals surface area contributed by atoms with Crippen LogP contribution in [-0.4, -0.2) is 23.6 Å².